The van der Waals surface area contributed by atoms with Crippen LogP contribution >= 0.6 is 11.3 Å². The summed E-state index contributed by atoms with van der Waals surface area (Å²) in [6.45, 7) is 12.5. The van der Waals surface area contributed by atoms with Gasteiger partial charge in [-0.15, -0.1) is 11.3 Å². The Morgan fingerprint density at radius 2 is 1.95 bits per heavy atom. The largest absolute Gasteiger partial charge is 0.307 e. The van der Waals surface area contributed by atoms with E-state index in [0.29, 0.717) is 0 Å². The van der Waals surface area contributed by atoms with Gasteiger partial charge in [-0.2, -0.15) is 0 Å². The minimum Gasteiger partial charge on any atom is -0.307 e. The number of nitrogens with one attached hydrogen (secondary N) is 1. The SMILES string of the molecule is CCC1CCCCCN1Cc1ccc(CNC(C)(C)C)s1. The molecule has 2 nitrogen and oxygen atoms in total. The lowest BCUT2D eigenvalue weighted by Gasteiger charge is -2.28. The summed E-state index contributed by atoms with van der Waals surface area (Å²) < 4.78 is 0. The van der Waals surface area contributed by atoms with Gasteiger partial charge in [-0.25, -0.2) is 0 Å². The van der Waals surface area contributed by atoms with Crippen LogP contribution in [0, 0.1) is 0 Å². The van der Waals surface area contributed by atoms with Crippen molar-refractivity contribution in [2.75, 3.05) is 6.54 Å². The van der Waals surface area contributed by atoms with Crippen LogP contribution in [0.3, 0.4) is 0 Å². The van der Waals surface area contributed by atoms with Gasteiger partial charge in [-0.05, 0) is 58.7 Å². The lowest BCUT2D eigenvalue weighted by atomic mass is 10.1. The van der Waals surface area contributed by atoms with Gasteiger partial charge in [-0.3, -0.25) is 4.90 Å². The number of rotatable bonds is 5. The highest BCUT2D eigenvalue weighted by Gasteiger charge is 2.20. The molecule has 0 saturated carbocycles. The van der Waals surface area contributed by atoms with Crippen molar-refractivity contribution in [3.8, 4) is 0 Å². The molecule has 1 aliphatic rings. The van der Waals surface area contributed by atoms with E-state index in [-0.39, 0.29) is 5.54 Å². The molecule has 120 valence electrons. The van der Waals surface area contributed by atoms with Gasteiger partial charge in [-0.1, -0.05) is 19.8 Å². The van der Waals surface area contributed by atoms with E-state index >= 15 is 0 Å². The molecule has 1 aliphatic heterocycles. The molecule has 0 aromatic carbocycles. The maximum absolute atomic E-state index is 3.58. The fourth-order valence-electron chi connectivity index (χ4n) is 3.06. The first-order chi connectivity index (χ1) is 9.98. The molecule has 0 bridgehead atoms. The first-order valence-corrected chi connectivity index (χ1v) is 9.36. The van der Waals surface area contributed by atoms with E-state index < -0.39 is 0 Å². The second-order valence-corrected chi connectivity index (χ2v) is 8.61. The molecule has 2 heterocycles. The summed E-state index contributed by atoms with van der Waals surface area (Å²) in [5.74, 6) is 0. The highest BCUT2D eigenvalue weighted by molar-refractivity contribution is 7.11. The zero-order valence-electron chi connectivity index (χ0n) is 14.2. The fraction of sp³-hybridized carbons (Fsp3) is 0.778. The van der Waals surface area contributed by atoms with Crippen LogP contribution in [0.1, 0.15) is 69.6 Å². The summed E-state index contributed by atoms with van der Waals surface area (Å²) in [5.41, 5.74) is 0.197. The van der Waals surface area contributed by atoms with Crippen LogP contribution in [0.25, 0.3) is 0 Å². The summed E-state index contributed by atoms with van der Waals surface area (Å²) in [6.07, 6.45) is 6.89. The second kappa shape index (κ2) is 7.75. The molecular weight excluding hydrogens is 276 g/mol. The zero-order valence-corrected chi connectivity index (χ0v) is 15.1. The van der Waals surface area contributed by atoms with Crippen molar-refractivity contribution in [1.29, 1.82) is 0 Å². The second-order valence-electron chi connectivity index (χ2n) is 7.35. The number of hydrogen-bond acceptors (Lipinski definition) is 3. The first-order valence-electron chi connectivity index (χ1n) is 8.54. The van der Waals surface area contributed by atoms with Crippen molar-refractivity contribution >= 4 is 11.3 Å². The number of nitrogens with zero attached hydrogens (tertiary/aromatic N) is 1. The third kappa shape index (κ3) is 5.72. The zero-order chi connectivity index (χ0) is 15.3. The van der Waals surface area contributed by atoms with Crippen LogP contribution in [0.2, 0.25) is 0 Å². The molecule has 0 aliphatic carbocycles. The van der Waals surface area contributed by atoms with Crippen LogP contribution in [-0.4, -0.2) is 23.0 Å². The summed E-state index contributed by atoms with van der Waals surface area (Å²) in [6, 6.07) is 5.44. The number of thiophene rings is 1. The van der Waals surface area contributed by atoms with Crippen molar-refractivity contribution in [1.82, 2.24) is 10.2 Å². The lowest BCUT2D eigenvalue weighted by molar-refractivity contribution is 0.188. The molecule has 0 amide bonds. The normalized spacial score (nSPS) is 21.4. The fourth-order valence-corrected chi connectivity index (χ4v) is 4.05. The van der Waals surface area contributed by atoms with E-state index in [4.69, 9.17) is 0 Å². The Bertz CT molecular complexity index is 419. The van der Waals surface area contributed by atoms with Crippen LogP contribution in [0.4, 0.5) is 0 Å². The quantitative estimate of drug-likeness (QED) is 0.841. The van der Waals surface area contributed by atoms with Gasteiger partial charge in [0.05, 0.1) is 0 Å². The monoisotopic (exact) mass is 308 g/mol. The van der Waals surface area contributed by atoms with Crippen molar-refractivity contribution in [2.45, 2.75) is 84.5 Å². The van der Waals surface area contributed by atoms with Crippen LogP contribution < -0.4 is 5.32 Å². The van der Waals surface area contributed by atoms with E-state index in [1.165, 1.54) is 48.4 Å². The third-order valence-corrected chi connectivity index (χ3v) is 5.41. The van der Waals surface area contributed by atoms with E-state index in [1.807, 2.05) is 11.3 Å². The van der Waals surface area contributed by atoms with Crippen molar-refractivity contribution in [3.63, 3.8) is 0 Å². The lowest BCUT2D eigenvalue weighted by Crippen LogP contribution is -2.34. The van der Waals surface area contributed by atoms with Crippen LogP contribution in [0.5, 0.6) is 0 Å². The Kier molecular flexibility index (Phi) is 6.27. The van der Waals surface area contributed by atoms with E-state index in [9.17, 15) is 0 Å². The Morgan fingerprint density at radius 1 is 1.19 bits per heavy atom. The van der Waals surface area contributed by atoms with Gasteiger partial charge >= 0.3 is 0 Å². The van der Waals surface area contributed by atoms with E-state index in [0.717, 1.165) is 19.1 Å². The smallest absolute Gasteiger partial charge is 0.0330 e. The first kappa shape index (κ1) is 17.0. The Labute approximate surface area is 134 Å². The van der Waals surface area contributed by atoms with Crippen molar-refractivity contribution in [2.24, 2.45) is 0 Å². The minimum atomic E-state index is 0.197. The summed E-state index contributed by atoms with van der Waals surface area (Å²) in [7, 11) is 0. The van der Waals surface area contributed by atoms with Gasteiger partial charge < -0.3 is 5.32 Å². The summed E-state index contributed by atoms with van der Waals surface area (Å²) in [5, 5.41) is 3.58. The van der Waals surface area contributed by atoms with E-state index in [1.54, 1.807) is 0 Å². The highest BCUT2D eigenvalue weighted by atomic mass is 32.1. The molecule has 2 rings (SSSR count). The molecule has 1 aromatic rings. The predicted octanol–water partition coefficient (Wildman–Crippen LogP) is 4.79. The maximum Gasteiger partial charge on any atom is 0.0330 e. The average molecular weight is 309 g/mol. The van der Waals surface area contributed by atoms with Gasteiger partial charge in [0.2, 0.25) is 0 Å². The van der Waals surface area contributed by atoms with Gasteiger partial charge in [0.15, 0.2) is 0 Å². The Hall–Kier alpha value is -0.380. The van der Waals surface area contributed by atoms with Crippen molar-refractivity contribution in [3.05, 3.63) is 21.9 Å². The molecular formula is C18H32N2S. The molecule has 1 atom stereocenters. The van der Waals surface area contributed by atoms with Gasteiger partial charge in [0.25, 0.3) is 0 Å². The number of hydrogen-bond donors (Lipinski definition) is 1. The topological polar surface area (TPSA) is 15.3 Å². The predicted molar refractivity (Wildman–Crippen MR) is 93.9 cm³/mol. The van der Waals surface area contributed by atoms with E-state index in [2.05, 4.69) is 50.0 Å². The molecule has 1 fully saturated rings. The van der Waals surface area contributed by atoms with Gasteiger partial charge in [0, 0.05) is 34.4 Å². The standard InChI is InChI=1S/C18H32N2S/c1-5-15-9-7-6-8-12-20(15)14-17-11-10-16(21-17)13-19-18(2,3)4/h10-11,15,19H,5-9,12-14H2,1-4H3. The average Bonchev–Trinajstić information content (AvgIpc) is 2.74. The highest BCUT2D eigenvalue weighted by Crippen LogP contribution is 2.24. The van der Waals surface area contributed by atoms with Crippen LogP contribution in [0.15, 0.2) is 12.1 Å². The maximum atomic E-state index is 3.58. The Balaban J connectivity index is 1.91. The molecule has 1 aromatic heterocycles. The molecule has 3 heteroatoms. The van der Waals surface area contributed by atoms with Crippen LogP contribution in [-0.2, 0) is 13.1 Å². The number of likely N-dealkylation sites (tertiary alicyclic amines) is 1. The summed E-state index contributed by atoms with van der Waals surface area (Å²) >= 11 is 1.98. The Morgan fingerprint density at radius 3 is 2.67 bits per heavy atom. The molecule has 0 spiro atoms. The molecule has 21 heavy (non-hydrogen) atoms. The molecule has 1 unspecified atom stereocenters. The molecule has 1 saturated heterocycles. The summed E-state index contributed by atoms with van der Waals surface area (Å²) in [4.78, 5) is 5.71. The molecule has 0 radical (unpaired) electrons. The molecule has 1 N–H and O–H groups in total. The third-order valence-electron chi connectivity index (χ3n) is 4.34. The van der Waals surface area contributed by atoms with Gasteiger partial charge in [0.1, 0.15) is 0 Å². The minimum absolute atomic E-state index is 0.197. The van der Waals surface area contributed by atoms with Crippen molar-refractivity contribution < 1.29 is 0 Å².